The number of methoxy groups -OCH3 is 5. The van der Waals surface area contributed by atoms with Crippen LogP contribution in [0.25, 0.3) is 0 Å². The van der Waals surface area contributed by atoms with Gasteiger partial charge in [-0.1, -0.05) is 190 Å². The third-order valence-electron chi connectivity index (χ3n) is 10.8. The summed E-state index contributed by atoms with van der Waals surface area (Å²) in [6.07, 6.45) is 0. The molecule has 23 heteroatoms. The Balaban J connectivity index is 0.000000519. The van der Waals surface area contributed by atoms with Gasteiger partial charge in [-0.2, -0.15) is 0 Å². The topological polar surface area (TPSA) is 237 Å². The molecule has 5 aromatic carbocycles. The molecule has 0 aliphatic carbocycles. The van der Waals surface area contributed by atoms with E-state index in [4.69, 9.17) is 33.0 Å². The van der Waals surface area contributed by atoms with Crippen LogP contribution in [0.5, 0.6) is 0 Å². The molecule has 448 valence electrons. The Morgan fingerprint density at radius 1 is 0.386 bits per heavy atom. The van der Waals surface area contributed by atoms with Crippen molar-refractivity contribution in [3.63, 3.8) is 0 Å². The highest BCUT2D eigenvalue weighted by atomic mass is 35.5. The van der Waals surface area contributed by atoms with Crippen molar-refractivity contribution in [1.29, 1.82) is 0 Å². The fraction of sp³-hybridized carbons (Fsp3) is 0.333. The largest absolute Gasteiger partial charge is 0.468 e. The average Bonchev–Trinajstić information content (AvgIpc) is 3.46. The zero-order valence-electron chi connectivity index (χ0n) is 48.4. The minimum Gasteiger partial charge on any atom is -0.468 e. The first-order valence-electron chi connectivity index (χ1n) is 24.7. The van der Waals surface area contributed by atoms with Crippen LogP contribution in [0.2, 0.25) is 10.0 Å². The van der Waals surface area contributed by atoms with Crippen molar-refractivity contribution < 1.29 is 76.7 Å². The molecule has 5 rings (SSSR count). The summed E-state index contributed by atoms with van der Waals surface area (Å²) < 4.78 is 23.4. The Bertz CT molecular complexity index is 2910. The first kappa shape index (κ1) is 75.1. The number of ether oxygens (including phenoxy) is 5. The van der Waals surface area contributed by atoms with Gasteiger partial charge < -0.3 is 28.8 Å². The van der Waals surface area contributed by atoms with Gasteiger partial charge >= 0.3 is 29.8 Å². The molecule has 0 fully saturated rings. The van der Waals surface area contributed by atoms with Crippen molar-refractivity contribution in [2.45, 2.75) is 95.2 Å². The summed E-state index contributed by atoms with van der Waals surface area (Å²) in [4.78, 5) is 113. The zero-order valence-corrected chi connectivity index (χ0v) is 53.9. The maximum absolute atomic E-state index is 11.6. The van der Waals surface area contributed by atoms with Gasteiger partial charge in [-0.15, -0.1) is 0 Å². The van der Waals surface area contributed by atoms with Gasteiger partial charge in [0.25, 0.3) is 0 Å². The number of carbonyl (C=O) groups is 10. The Morgan fingerprint density at radius 2 is 0.675 bits per heavy atom. The lowest BCUT2D eigenvalue weighted by molar-refractivity contribution is -0.141. The SMILES string of the molecule is COC(=O)C(SC(C)=O)c1ccc(C)c(C)c1.COC(=O)C(SC(C)=O)c1ccc(C)cc1.COC(=O)C(SC(C)=O)c1ccc(C)cc1.COC(=O)C(SC(C)=O)c1ccc(CO)cc1.COC(=O)C(SC(C)=O)c1ccc(Cl)cc1Cl. The number of thioether (sulfide) groups is 5. The van der Waals surface area contributed by atoms with Gasteiger partial charge in [0.05, 0.1) is 42.2 Å². The van der Waals surface area contributed by atoms with Crippen LogP contribution >= 0.6 is 82.0 Å². The van der Waals surface area contributed by atoms with Gasteiger partial charge in [0.1, 0.15) is 26.2 Å². The number of aliphatic hydroxyl groups excluding tert-OH is 1. The number of esters is 5. The van der Waals surface area contributed by atoms with Crippen LogP contribution in [0.4, 0.5) is 0 Å². The number of rotatable bonds is 16. The molecule has 0 saturated carbocycles. The standard InChI is InChI=1S/C13H16O3S.C12H14O4S.2C12H14O3S.C11H10Cl2O3S/c1-8-5-6-11(7-9(8)2)12(13(15)16-4)17-10(3)14;1-8(14)17-11(12(15)16-2)10-5-3-9(7-13)4-6-10;2*1-8-4-6-10(7-5-8)11(12(14)15-3)16-9(2)13;1-6(14)17-10(11(15)16-2)8-4-3-7(12)5-9(8)13/h5-7,12H,1-4H3;3-6,11,13H,7H2,1-2H3;2*4-7,11H,1-3H3;3-5,10H,1-2H3. The molecule has 0 radical (unpaired) electrons. The number of aryl methyl sites for hydroxylation is 4. The van der Waals surface area contributed by atoms with Crippen LogP contribution in [0.3, 0.4) is 0 Å². The molecule has 16 nitrogen and oxygen atoms in total. The van der Waals surface area contributed by atoms with Gasteiger partial charge in [0.15, 0.2) is 25.6 Å². The first-order chi connectivity index (χ1) is 39.1. The van der Waals surface area contributed by atoms with E-state index in [0.717, 1.165) is 103 Å². The van der Waals surface area contributed by atoms with Gasteiger partial charge in [-0.05, 0) is 84.3 Å². The van der Waals surface area contributed by atoms with Crippen molar-refractivity contribution in [2.75, 3.05) is 35.5 Å². The number of carbonyl (C=O) groups excluding carboxylic acids is 10. The van der Waals surface area contributed by atoms with Gasteiger partial charge in [-0.3, -0.25) is 47.9 Å². The molecular weight excluding hydrogens is 1210 g/mol. The van der Waals surface area contributed by atoms with Gasteiger partial charge in [-0.25, -0.2) is 0 Å². The zero-order chi connectivity index (χ0) is 63.1. The third-order valence-corrected chi connectivity index (χ3v) is 16.5. The number of hydrogen-bond acceptors (Lipinski definition) is 21. The van der Waals surface area contributed by atoms with Crippen molar-refractivity contribution in [2.24, 2.45) is 0 Å². The van der Waals surface area contributed by atoms with E-state index in [1.165, 1.54) is 76.2 Å². The van der Waals surface area contributed by atoms with Crippen LogP contribution in [0.1, 0.15) is 117 Å². The second kappa shape index (κ2) is 39.6. The second-order valence-corrected chi connectivity index (χ2v) is 24.5. The third kappa shape index (κ3) is 28.0. The van der Waals surface area contributed by atoms with Gasteiger partial charge in [0, 0.05) is 44.7 Å². The Hall–Kier alpha value is -5.91. The van der Waals surface area contributed by atoms with Crippen LogP contribution in [0, 0.1) is 27.7 Å². The van der Waals surface area contributed by atoms with Crippen molar-refractivity contribution in [1.82, 2.24) is 0 Å². The summed E-state index contributed by atoms with van der Waals surface area (Å²) >= 11 is 16.5. The van der Waals surface area contributed by atoms with Gasteiger partial charge in [0.2, 0.25) is 0 Å². The Morgan fingerprint density at radius 3 is 0.964 bits per heavy atom. The fourth-order valence-corrected chi connectivity index (χ4v) is 11.2. The molecule has 0 heterocycles. The van der Waals surface area contributed by atoms with Crippen LogP contribution in [0.15, 0.2) is 109 Å². The predicted molar refractivity (Wildman–Crippen MR) is 332 cm³/mol. The molecule has 0 aromatic heterocycles. The number of halogens is 2. The van der Waals surface area contributed by atoms with Crippen molar-refractivity contribution in [3.8, 4) is 0 Å². The molecule has 1 N–H and O–H groups in total. The lowest BCUT2D eigenvalue weighted by Gasteiger charge is -2.14. The minimum atomic E-state index is -0.762. The van der Waals surface area contributed by atoms with E-state index in [2.05, 4.69) is 18.9 Å². The van der Waals surface area contributed by atoms with E-state index < -0.39 is 56.1 Å². The van der Waals surface area contributed by atoms with E-state index in [1.807, 2.05) is 94.4 Å². The lowest BCUT2D eigenvalue weighted by atomic mass is 10.0. The fourth-order valence-electron chi connectivity index (χ4n) is 6.53. The molecule has 0 amide bonds. The quantitative estimate of drug-likeness (QED) is 0.0713. The molecule has 0 spiro atoms. The molecule has 5 aromatic rings. The molecule has 0 bridgehead atoms. The molecule has 0 aliphatic heterocycles. The van der Waals surface area contributed by atoms with E-state index in [-0.39, 0.29) is 32.2 Å². The molecule has 5 unspecified atom stereocenters. The Labute approximate surface area is 516 Å². The van der Waals surface area contributed by atoms with Crippen molar-refractivity contribution in [3.05, 3.63) is 175 Å². The second-order valence-electron chi connectivity index (χ2n) is 17.3. The van der Waals surface area contributed by atoms with E-state index in [0.29, 0.717) is 21.2 Å². The van der Waals surface area contributed by atoms with Crippen LogP contribution in [-0.4, -0.2) is 96.1 Å². The molecule has 0 saturated heterocycles. The summed E-state index contributed by atoms with van der Waals surface area (Å²) in [7, 11) is 6.53. The summed E-state index contributed by atoms with van der Waals surface area (Å²) in [5.74, 6) is -2.17. The van der Waals surface area contributed by atoms with E-state index in [1.54, 1.807) is 36.4 Å². The van der Waals surface area contributed by atoms with Crippen molar-refractivity contribution >= 4 is 137 Å². The summed E-state index contributed by atoms with van der Waals surface area (Å²) in [5, 5.41) is 5.97. The molecular formula is C60H68Cl2O16S5. The highest BCUT2D eigenvalue weighted by Gasteiger charge is 2.28. The maximum Gasteiger partial charge on any atom is 0.323 e. The normalized spacial score (nSPS) is 12.0. The summed E-state index contributed by atoms with van der Waals surface area (Å²) in [5.41, 5.74) is 8.82. The smallest absolute Gasteiger partial charge is 0.323 e. The Kier molecular flexibility index (Phi) is 35.8. The van der Waals surface area contributed by atoms with E-state index in [9.17, 15) is 47.9 Å². The monoisotopic (exact) mass is 1270 g/mol. The highest BCUT2D eigenvalue weighted by molar-refractivity contribution is 8.15. The predicted octanol–water partition coefficient (Wildman–Crippen LogP) is 12.9. The molecule has 5 atom stereocenters. The summed E-state index contributed by atoms with van der Waals surface area (Å²) in [6, 6.07) is 32.3. The molecule has 83 heavy (non-hydrogen) atoms. The van der Waals surface area contributed by atoms with E-state index >= 15 is 0 Å². The maximum atomic E-state index is 11.6. The van der Waals surface area contributed by atoms with Crippen LogP contribution < -0.4 is 0 Å². The molecule has 0 aliphatic rings. The first-order valence-corrected chi connectivity index (χ1v) is 29.8. The lowest BCUT2D eigenvalue weighted by Crippen LogP contribution is -2.13. The number of aliphatic hydroxyl groups is 1. The number of benzene rings is 5. The average molecular weight is 1280 g/mol. The minimum absolute atomic E-state index is 0.0526. The van der Waals surface area contributed by atoms with Crippen LogP contribution in [-0.2, 0) is 78.2 Å². The summed E-state index contributed by atoms with van der Waals surface area (Å²) in [6.45, 7) is 15.0. The highest BCUT2D eigenvalue weighted by Crippen LogP contribution is 2.37. The number of hydrogen-bond donors (Lipinski definition) is 1.